The van der Waals surface area contributed by atoms with Gasteiger partial charge in [-0.2, -0.15) is 4.39 Å². The zero-order valence-electron chi connectivity index (χ0n) is 20.1. The molecule has 192 valence electrons. The maximum absolute atomic E-state index is 15.3. The number of aromatic nitrogens is 1. The molecule has 7 nitrogen and oxygen atoms in total. The van der Waals surface area contributed by atoms with E-state index >= 15 is 4.39 Å². The number of carbonyl (C=O) groups excluding carboxylic acids is 1. The Kier molecular flexibility index (Phi) is 5.59. The fourth-order valence-electron chi connectivity index (χ4n) is 5.57. The number of hydrogen-bond donors (Lipinski definition) is 1. The Hall–Kier alpha value is -3.66. The Bertz CT molecular complexity index is 1490. The first-order chi connectivity index (χ1) is 17.9. The van der Waals surface area contributed by atoms with Gasteiger partial charge < -0.3 is 14.7 Å². The molecule has 37 heavy (non-hydrogen) atoms. The summed E-state index contributed by atoms with van der Waals surface area (Å²) in [6, 6.07) is 5.05. The first-order valence-corrected chi connectivity index (χ1v) is 13.1. The van der Waals surface area contributed by atoms with E-state index in [1.165, 1.54) is 34.3 Å². The van der Waals surface area contributed by atoms with Gasteiger partial charge in [-0.1, -0.05) is 13.0 Å². The number of aromatic hydroxyl groups is 1. The van der Waals surface area contributed by atoms with Gasteiger partial charge in [-0.15, -0.1) is 11.3 Å². The summed E-state index contributed by atoms with van der Waals surface area (Å²) in [6.07, 6.45) is 8.03. The summed E-state index contributed by atoms with van der Waals surface area (Å²) in [5, 5.41) is 14.6. The van der Waals surface area contributed by atoms with E-state index in [0.717, 1.165) is 22.9 Å². The highest BCUT2D eigenvalue weighted by Crippen LogP contribution is 2.46. The lowest BCUT2D eigenvalue weighted by atomic mass is 9.74. The number of benzene rings is 1. The molecule has 1 N–H and O–H groups in total. The minimum atomic E-state index is -1.09. The predicted molar refractivity (Wildman–Crippen MR) is 135 cm³/mol. The molecule has 1 amide bonds. The van der Waals surface area contributed by atoms with Crippen LogP contribution in [0.25, 0.3) is 0 Å². The summed E-state index contributed by atoms with van der Waals surface area (Å²) in [4.78, 5) is 28.8. The number of pyridine rings is 1. The van der Waals surface area contributed by atoms with Crippen molar-refractivity contribution < 1.29 is 23.4 Å². The van der Waals surface area contributed by atoms with Crippen LogP contribution in [-0.4, -0.2) is 39.4 Å². The van der Waals surface area contributed by atoms with Crippen molar-refractivity contribution in [1.82, 2.24) is 9.58 Å². The third-order valence-electron chi connectivity index (χ3n) is 7.66. The number of thiophene rings is 1. The third kappa shape index (κ3) is 3.49. The van der Waals surface area contributed by atoms with Gasteiger partial charge in [0.05, 0.1) is 5.54 Å². The number of fused-ring (bicyclic) bond motifs is 6. The van der Waals surface area contributed by atoms with Gasteiger partial charge in [0.25, 0.3) is 5.91 Å². The number of halogens is 2. The molecule has 1 aromatic carbocycles. The smallest absolute Gasteiger partial charge is 0.278 e. The summed E-state index contributed by atoms with van der Waals surface area (Å²) in [6.45, 7) is 2.10. The summed E-state index contributed by atoms with van der Waals surface area (Å²) in [5.74, 6) is -3.41. The van der Waals surface area contributed by atoms with Crippen LogP contribution in [0.5, 0.6) is 11.5 Å². The second-order valence-electron chi connectivity index (χ2n) is 9.55. The van der Waals surface area contributed by atoms with Gasteiger partial charge in [-0.25, -0.2) is 4.39 Å². The van der Waals surface area contributed by atoms with Gasteiger partial charge in [0, 0.05) is 22.7 Å². The summed E-state index contributed by atoms with van der Waals surface area (Å²) < 4.78 is 37.0. The molecule has 1 unspecified atom stereocenters. The molecule has 2 aromatic heterocycles. The molecule has 3 aliphatic rings. The standard InChI is InChI=1S/C27H25F2N3O4S/c1-2-16-8-14-37-25(16)21-17-5-6-18(28)20(29)24(17)36-13-4-11-27(9-3-10-27)30-15-32(21)31-12-7-19(33)23(34)22(31)26(30)35/h4-8,11-12,14,21,34H,2-3,9-10,13,15H2,1H3/b11-4+. The van der Waals surface area contributed by atoms with Crippen molar-refractivity contribution >= 4 is 17.2 Å². The second kappa shape index (κ2) is 8.72. The number of ether oxygens (including phenoxy) is 1. The Labute approximate surface area is 215 Å². The molecule has 10 heteroatoms. The van der Waals surface area contributed by atoms with Gasteiger partial charge in [-0.3, -0.25) is 19.3 Å². The van der Waals surface area contributed by atoms with Crippen LogP contribution in [0.15, 0.2) is 52.8 Å². The van der Waals surface area contributed by atoms with Crippen molar-refractivity contribution in [1.29, 1.82) is 0 Å². The van der Waals surface area contributed by atoms with Crippen molar-refractivity contribution in [2.45, 2.75) is 44.2 Å². The van der Waals surface area contributed by atoms with Crippen LogP contribution in [0.4, 0.5) is 8.78 Å². The van der Waals surface area contributed by atoms with Crippen molar-refractivity contribution in [2.75, 3.05) is 18.3 Å². The molecule has 0 saturated heterocycles. The second-order valence-corrected chi connectivity index (χ2v) is 10.5. The van der Waals surface area contributed by atoms with E-state index in [9.17, 15) is 19.1 Å². The number of amides is 1. The molecular formula is C27H25F2N3O4S. The molecule has 2 aliphatic heterocycles. The lowest BCUT2D eigenvalue weighted by molar-refractivity contribution is 0.0256. The van der Waals surface area contributed by atoms with Crippen LogP contribution in [0.2, 0.25) is 0 Å². The predicted octanol–water partition coefficient (Wildman–Crippen LogP) is 4.47. The minimum absolute atomic E-state index is 0.00893. The van der Waals surface area contributed by atoms with Crippen LogP contribution >= 0.6 is 11.3 Å². The van der Waals surface area contributed by atoms with Gasteiger partial charge in [0.1, 0.15) is 19.3 Å². The van der Waals surface area contributed by atoms with E-state index in [1.807, 2.05) is 29.5 Å². The van der Waals surface area contributed by atoms with Crippen molar-refractivity contribution in [2.24, 2.45) is 0 Å². The molecule has 4 heterocycles. The highest BCUT2D eigenvalue weighted by Gasteiger charge is 2.49. The van der Waals surface area contributed by atoms with E-state index in [-0.39, 0.29) is 24.7 Å². The number of aryl methyl sites for hydroxylation is 1. The first kappa shape index (κ1) is 23.7. The van der Waals surface area contributed by atoms with E-state index < -0.39 is 40.3 Å². The fourth-order valence-corrected chi connectivity index (χ4v) is 6.69. The maximum atomic E-state index is 15.3. The summed E-state index contributed by atoms with van der Waals surface area (Å²) in [5.41, 5.74) is -0.0688. The van der Waals surface area contributed by atoms with E-state index in [4.69, 9.17) is 4.74 Å². The normalized spacial score (nSPS) is 20.9. The lowest BCUT2D eigenvalue weighted by Crippen LogP contribution is -2.64. The van der Waals surface area contributed by atoms with Crippen LogP contribution in [0.1, 0.15) is 58.7 Å². The minimum Gasteiger partial charge on any atom is -0.502 e. The van der Waals surface area contributed by atoms with Gasteiger partial charge >= 0.3 is 0 Å². The molecule has 1 saturated carbocycles. The van der Waals surface area contributed by atoms with Crippen molar-refractivity contribution in [3.05, 3.63) is 91.6 Å². The number of rotatable bonds is 2. The third-order valence-corrected chi connectivity index (χ3v) is 8.67. The Morgan fingerprint density at radius 3 is 2.73 bits per heavy atom. The summed E-state index contributed by atoms with van der Waals surface area (Å²) >= 11 is 1.46. The molecule has 6 rings (SSSR count). The Morgan fingerprint density at radius 1 is 1.19 bits per heavy atom. The average molecular weight is 526 g/mol. The fraction of sp³-hybridized carbons (Fsp3) is 0.333. The Balaban J connectivity index is 1.68. The molecule has 1 atom stereocenters. The maximum Gasteiger partial charge on any atom is 0.278 e. The van der Waals surface area contributed by atoms with Gasteiger partial charge in [0.2, 0.25) is 11.2 Å². The molecule has 1 spiro atoms. The zero-order valence-corrected chi connectivity index (χ0v) is 20.9. The van der Waals surface area contributed by atoms with E-state index in [2.05, 4.69) is 0 Å². The van der Waals surface area contributed by atoms with Crippen LogP contribution in [0, 0.1) is 11.6 Å². The van der Waals surface area contributed by atoms with Crippen molar-refractivity contribution in [3.63, 3.8) is 0 Å². The first-order valence-electron chi connectivity index (χ1n) is 12.2. The van der Waals surface area contributed by atoms with E-state index in [1.54, 1.807) is 11.0 Å². The quantitative estimate of drug-likeness (QED) is 0.500. The van der Waals surface area contributed by atoms with Crippen LogP contribution in [0.3, 0.4) is 0 Å². The molecule has 1 fully saturated rings. The zero-order chi connectivity index (χ0) is 25.9. The molecule has 3 aromatic rings. The molecular weight excluding hydrogens is 500 g/mol. The van der Waals surface area contributed by atoms with Crippen molar-refractivity contribution in [3.8, 4) is 11.5 Å². The summed E-state index contributed by atoms with van der Waals surface area (Å²) in [7, 11) is 0. The number of nitrogens with zero attached hydrogens (tertiary/aromatic N) is 3. The number of carbonyl (C=O) groups is 1. The van der Waals surface area contributed by atoms with Gasteiger partial charge in [0.15, 0.2) is 23.0 Å². The van der Waals surface area contributed by atoms with Crippen LogP contribution in [-0.2, 0) is 6.42 Å². The van der Waals surface area contributed by atoms with Gasteiger partial charge in [-0.05, 0) is 60.9 Å². The average Bonchev–Trinajstić information content (AvgIpc) is 3.32. The monoisotopic (exact) mass is 525 g/mol. The molecule has 1 aliphatic carbocycles. The molecule has 0 radical (unpaired) electrons. The topological polar surface area (TPSA) is 75.0 Å². The van der Waals surface area contributed by atoms with Crippen LogP contribution < -0.4 is 15.2 Å². The SMILES string of the molecule is CCc1ccsc1C1c2ccc(F)c(F)c2OC/C=C/C2(CCC2)N2CN1n1ccc(=O)c(O)c1C2=O. The largest absolute Gasteiger partial charge is 0.502 e. The highest BCUT2D eigenvalue weighted by atomic mass is 32.1. The van der Waals surface area contributed by atoms with E-state index in [0.29, 0.717) is 24.8 Å². The highest BCUT2D eigenvalue weighted by molar-refractivity contribution is 7.10. The Morgan fingerprint density at radius 2 is 2.00 bits per heavy atom. The number of hydrogen-bond acceptors (Lipinski definition) is 6. The lowest BCUT2D eigenvalue weighted by Gasteiger charge is -2.53. The molecule has 2 bridgehead atoms.